The Morgan fingerprint density at radius 2 is 0.535 bits per heavy atom. The van der Waals surface area contributed by atoms with Crippen LogP contribution >= 0.6 is 0 Å². The first-order valence-corrected chi connectivity index (χ1v) is 20.5. The third-order valence-electron chi connectivity index (χ3n) is 10.1. The predicted octanol–water partition coefficient (Wildman–Crippen LogP) is 14.3. The van der Waals surface area contributed by atoms with Gasteiger partial charge in [-0.2, -0.15) is 0 Å². The van der Waals surface area contributed by atoms with Crippen LogP contribution in [-0.2, 0) is 0 Å². The van der Waals surface area contributed by atoms with Crippen molar-refractivity contribution in [3.05, 3.63) is 12.4 Å². The molecular formula is C41H82N2. The van der Waals surface area contributed by atoms with Crippen molar-refractivity contribution in [1.82, 2.24) is 9.80 Å². The molecule has 1 aliphatic rings. The highest BCUT2D eigenvalue weighted by Crippen LogP contribution is 2.24. The molecular weight excluding hydrogens is 520 g/mol. The van der Waals surface area contributed by atoms with E-state index in [0.29, 0.717) is 6.17 Å². The van der Waals surface area contributed by atoms with Crippen LogP contribution in [-0.4, -0.2) is 29.1 Å². The summed E-state index contributed by atoms with van der Waals surface area (Å²) in [6, 6.07) is 0. The molecule has 1 heterocycles. The lowest BCUT2D eigenvalue weighted by Crippen LogP contribution is -2.39. The Morgan fingerprint density at radius 3 is 0.837 bits per heavy atom. The molecule has 1 atom stereocenters. The zero-order valence-corrected chi connectivity index (χ0v) is 30.4. The minimum Gasteiger partial charge on any atom is -0.356 e. The van der Waals surface area contributed by atoms with Gasteiger partial charge in [0.05, 0.1) is 0 Å². The van der Waals surface area contributed by atoms with Crippen LogP contribution in [0.4, 0.5) is 0 Å². The van der Waals surface area contributed by atoms with Crippen LogP contribution in [0.5, 0.6) is 0 Å². The standard InChI is InChI=1S/C41H82N2/c1-4-7-10-13-15-17-19-21-22-23-24-26-28-30-32-35-38-43-40-39-42(37-34-12-9-6-3)41(43)36-33-31-29-27-25-20-18-16-14-11-8-5-2/h39-41H,4-38H2,1-3H3. The van der Waals surface area contributed by atoms with E-state index in [2.05, 4.69) is 43.0 Å². The molecule has 0 saturated carbocycles. The van der Waals surface area contributed by atoms with E-state index in [9.17, 15) is 0 Å². The van der Waals surface area contributed by atoms with Crippen molar-refractivity contribution >= 4 is 0 Å². The number of hydrogen-bond acceptors (Lipinski definition) is 2. The van der Waals surface area contributed by atoms with Gasteiger partial charge in [-0.25, -0.2) is 0 Å². The SMILES string of the molecule is CCCCCCCCCCCCCCCCCCN1C=CN(CCCCCC)C1CCCCCCCCCCCCCC. The lowest BCUT2D eigenvalue weighted by atomic mass is 10.0. The number of rotatable bonds is 35. The summed E-state index contributed by atoms with van der Waals surface area (Å²) in [6.07, 6.45) is 53.0. The van der Waals surface area contributed by atoms with Crippen molar-refractivity contribution < 1.29 is 0 Å². The van der Waals surface area contributed by atoms with Gasteiger partial charge in [0.1, 0.15) is 6.17 Å². The molecule has 0 spiro atoms. The van der Waals surface area contributed by atoms with E-state index >= 15 is 0 Å². The molecule has 0 aromatic heterocycles. The van der Waals surface area contributed by atoms with Crippen molar-refractivity contribution in [2.45, 2.75) is 239 Å². The highest BCUT2D eigenvalue weighted by atomic mass is 15.4. The lowest BCUT2D eigenvalue weighted by molar-refractivity contribution is 0.135. The Kier molecular flexibility index (Phi) is 30.7. The summed E-state index contributed by atoms with van der Waals surface area (Å²) in [6.45, 7) is 9.48. The Hall–Kier alpha value is -0.660. The highest BCUT2D eigenvalue weighted by Gasteiger charge is 2.24. The van der Waals surface area contributed by atoms with Gasteiger partial charge in [0.25, 0.3) is 0 Å². The van der Waals surface area contributed by atoms with E-state index < -0.39 is 0 Å². The van der Waals surface area contributed by atoms with Gasteiger partial charge in [-0.1, -0.05) is 207 Å². The maximum absolute atomic E-state index is 2.71. The fraction of sp³-hybridized carbons (Fsp3) is 0.951. The molecule has 0 aromatic carbocycles. The van der Waals surface area contributed by atoms with Crippen LogP contribution in [0.15, 0.2) is 12.4 Å². The van der Waals surface area contributed by atoms with Crippen molar-refractivity contribution in [2.75, 3.05) is 13.1 Å². The van der Waals surface area contributed by atoms with Crippen molar-refractivity contribution in [3.8, 4) is 0 Å². The average molecular weight is 603 g/mol. The maximum Gasteiger partial charge on any atom is 0.101 e. The van der Waals surface area contributed by atoms with Gasteiger partial charge >= 0.3 is 0 Å². The van der Waals surface area contributed by atoms with Gasteiger partial charge in [-0.15, -0.1) is 0 Å². The van der Waals surface area contributed by atoms with Crippen LogP contribution in [0.3, 0.4) is 0 Å². The highest BCUT2D eigenvalue weighted by molar-refractivity contribution is 4.97. The van der Waals surface area contributed by atoms with Gasteiger partial charge in [-0.05, 0) is 25.7 Å². The maximum atomic E-state index is 2.71. The summed E-state index contributed by atoms with van der Waals surface area (Å²) in [7, 11) is 0. The summed E-state index contributed by atoms with van der Waals surface area (Å²) in [5.41, 5.74) is 0. The smallest absolute Gasteiger partial charge is 0.101 e. The summed E-state index contributed by atoms with van der Waals surface area (Å²) >= 11 is 0. The van der Waals surface area contributed by atoms with Crippen LogP contribution in [0.25, 0.3) is 0 Å². The summed E-state index contributed by atoms with van der Waals surface area (Å²) in [4.78, 5) is 5.41. The van der Waals surface area contributed by atoms with Gasteiger partial charge in [0.2, 0.25) is 0 Å². The molecule has 0 fully saturated rings. The largest absolute Gasteiger partial charge is 0.356 e. The second-order valence-corrected chi connectivity index (χ2v) is 14.3. The van der Waals surface area contributed by atoms with Crippen molar-refractivity contribution in [3.63, 3.8) is 0 Å². The summed E-state index contributed by atoms with van der Waals surface area (Å²) in [5, 5.41) is 0. The van der Waals surface area contributed by atoms with Gasteiger partial charge in [0.15, 0.2) is 0 Å². The molecule has 256 valence electrons. The topological polar surface area (TPSA) is 6.48 Å². The molecule has 1 unspecified atom stereocenters. The predicted molar refractivity (Wildman–Crippen MR) is 196 cm³/mol. The quantitative estimate of drug-likeness (QED) is 0.0666. The first kappa shape index (κ1) is 40.4. The fourth-order valence-corrected chi connectivity index (χ4v) is 7.07. The molecule has 2 heteroatoms. The van der Waals surface area contributed by atoms with E-state index in [1.807, 2.05) is 0 Å². The zero-order valence-electron chi connectivity index (χ0n) is 30.4. The van der Waals surface area contributed by atoms with E-state index in [1.165, 1.54) is 225 Å². The van der Waals surface area contributed by atoms with E-state index in [4.69, 9.17) is 0 Å². The summed E-state index contributed by atoms with van der Waals surface area (Å²) < 4.78 is 0. The molecule has 0 amide bonds. The van der Waals surface area contributed by atoms with Crippen molar-refractivity contribution in [1.29, 1.82) is 0 Å². The third kappa shape index (κ3) is 25.2. The van der Waals surface area contributed by atoms with Gasteiger partial charge in [0, 0.05) is 25.5 Å². The van der Waals surface area contributed by atoms with Crippen molar-refractivity contribution in [2.24, 2.45) is 0 Å². The van der Waals surface area contributed by atoms with Gasteiger partial charge in [-0.3, -0.25) is 0 Å². The number of nitrogens with zero attached hydrogens (tertiary/aromatic N) is 2. The average Bonchev–Trinajstić information content (AvgIpc) is 3.40. The van der Waals surface area contributed by atoms with Crippen LogP contribution < -0.4 is 0 Å². The first-order chi connectivity index (χ1) is 21.3. The molecule has 0 N–H and O–H groups in total. The lowest BCUT2D eigenvalue weighted by Gasteiger charge is -2.33. The normalized spacial score (nSPS) is 14.9. The minimum atomic E-state index is 0.640. The molecule has 2 nitrogen and oxygen atoms in total. The van der Waals surface area contributed by atoms with Crippen LogP contribution in [0, 0.1) is 0 Å². The first-order valence-electron chi connectivity index (χ1n) is 20.5. The molecule has 0 bridgehead atoms. The molecule has 0 aliphatic carbocycles. The summed E-state index contributed by atoms with van der Waals surface area (Å²) in [5.74, 6) is 0. The second kappa shape index (κ2) is 32.7. The molecule has 1 rings (SSSR count). The minimum absolute atomic E-state index is 0.640. The molecule has 1 aliphatic heterocycles. The number of unbranched alkanes of at least 4 members (excludes halogenated alkanes) is 29. The molecule has 0 aromatic rings. The van der Waals surface area contributed by atoms with E-state index in [-0.39, 0.29) is 0 Å². The molecule has 43 heavy (non-hydrogen) atoms. The monoisotopic (exact) mass is 603 g/mol. The van der Waals surface area contributed by atoms with Crippen LogP contribution in [0.2, 0.25) is 0 Å². The third-order valence-corrected chi connectivity index (χ3v) is 10.1. The van der Waals surface area contributed by atoms with E-state index in [1.54, 1.807) is 0 Å². The van der Waals surface area contributed by atoms with Crippen LogP contribution in [0.1, 0.15) is 233 Å². The molecule has 0 radical (unpaired) electrons. The van der Waals surface area contributed by atoms with E-state index in [0.717, 1.165) is 0 Å². The zero-order chi connectivity index (χ0) is 30.9. The Balaban J connectivity index is 2.09. The Bertz CT molecular complexity index is 558. The second-order valence-electron chi connectivity index (χ2n) is 14.3. The van der Waals surface area contributed by atoms with Gasteiger partial charge < -0.3 is 9.80 Å². The fourth-order valence-electron chi connectivity index (χ4n) is 7.07. The Labute approximate surface area is 273 Å². The number of hydrogen-bond donors (Lipinski definition) is 0. The Morgan fingerprint density at radius 1 is 0.302 bits per heavy atom. The molecule has 0 saturated heterocycles.